The molecule has 29 heteroatoms. The van der Waals surface area contributed by atoms with Crippen molar-refractivity contribution in [2.75, 3.05) is 22.9 Å². The summed E-state index contributed by atoms with van der Waals surface area (Å²) in [4.78, 5) is 8.08. The Kier molecular flexibility index (Phi) is 19.4. The molecule has 0 aliphatic heterocycles. The van der Waals surface area contributed by atoms with Crippen LogP contribution in [0.5, 0.6) is 5.75 Å². The minimum absolute atomic E-state index is 0. The number of halogens is 1. The number of nitrogens with zero attached hydrogens (tertiary/aromatic N) is 5. The molecule has 0 unspecified atom stereocenters. The molecule has 246 valence electrons. The summed E-state index contributed by atoms with van der Waals surface area (Å²) in [5.74, 6) is -3.22. The molecule has 50 heavy (non-hydrogen) atoms. The van der Waals surface area contributed by atoms with Crippen LogP contribution >= 0.6 is 11.6 Å². The molecule has 0 radical (unpaired) electrons. The number of azo groups is 1. The van der Waals surface area contributed by atoms with Crippen molar-refractivity contribution in [1.29, 1.82) is 0 Å². The van der Waals surface area contributed by atoms with Crippen LogP contribution in [0.15, 0.2) is 67.4 Å². The van der Waals surface area contributed by atoms with Crippen LogP contribution in [0.1, 0.15) is 0 Å². The maximum Gasteiger partial charge on any atom is 1.00 e. The number of nitrogens with one attached hydrogen (secondary N) is 2. The first-order valence-electron chi connectivity index (χ1n) is 11.7. The maximum absolute atomic E-state index is 13.7. The van der Waals surface area contributed by atoms with E-state index in [1.807, 2.05) is 0 Å². The van der Waals surface area contributed by atoms with Crippen LogP contribution in [0.4, 0.5) is 29.0 Å². The molecule has 0 bridgehead atoms. The van der Waals surface area contributed by atoms with Gasteiger partial charge in [0.25, 0.3) is 10.1 Å². The van der Waals surface area contributed by atoms with Gasteiger partial charge in [0, 0.05) is 12.2 Å². The molecule has 0 amide bonds. The molecular weight excluding hydrogens is 814 g/mol. The second-order valence-corrected chi connectivity index (χ2v) is 14.7. The average molecular weight is 828 g/mol. The van der Waals surface area contributed by atoms with E-state index in [4.69, 9.17) is 11.6 Å². The summed E-state index contributed by atoms with van der Waals surface area (Å²) in [6, 6.07) is 6.06. The second-order valence-electron chi connectivity index (χ2n) is 8.74. The van der Waals surface area contributed by atoms with Crippen molar-refractivity contribution in [2.45, 2.75) is 14.7 Å². The summed E-state index contributed by atoms with van der Waals surface area (Å²) >= 11 is 5.86. The molecule has 4 rings (SSSR count). The zero-order valence-corrected chi connectivity index (χ0v) is 38.1. The first-order valence-corrected chi connectivity index (χ1v) is 17.9. The number of benzene rings is 3. The molecule has 0 atom stereocenters. The third kappa shape index (κ3) is 13.3. The van der Waals surface area contributed by atoms with Crippen molar-refractivity contribution >= 4 is 91.8 Å². The van der Waals surface area contributed by atoms with Gasteiger partial charge in [0.05, 0.1) is 31.3 Å². The van der Waals surface area contributed by atoms with E-state index in [1.165, 1.54) is 12.1 Å². The van der Waals surface area contributed by atoms with E-state index >= 15 is 0 Å². The van der Waals surface area contributed by atoms with Crippen LogP contribution < -0.4 is 134 Å². The van der Waals surface area contributed by atoms with Gasteiger partial charge in [-0.1, -0.05) is 17.9 Å². The molecule has 3 aromatic carbocycles. The molecule has 0 fully saturated rings. The average Bonchev–Trinajstić information content (AvgIpc) is 2.89. The summed E-state index contributed by atoms with van der Waals surface area (Å²) in [6.45, 7) is -0.479. The minimum atomic E-state index is -5.35. The zero-order valence-electron chi connectivity index (χ0n) is 26.0. The van der Waals surface area contributed by atoms with Crippen LogP contribution in [-0.4, -0.2) is 79.1 Å². The van der Waals surface area contributed by atoms with E-state index in [2.05, 4.69) is 35.8 Å². The van der Waals surface area contributed by atoms with Gasteiger partial charge < -0.3 is 29.4 Å². The van der Waals surface area contributed by atoms with Crippen molar-refractivity contribution in [3.63, 3.8) is 0 Å². The minimum Gasteiger partial charge on any atom is -0.870 e. The van der Waals surface area contributed by atoms with Gasteiger partial charge in [0.15, 0.2) is 0 Å². The third-order valence-electron chi connectivity index (χ3n) is 5.55. The Morgan fingerprint density at radius 3 is 1.94 bits per heavy atom. The molecule has 0 aliphatic rings. The number of rotatable bonds is 11. The van der Waals surface area contributed by atoms with Crippen molar-refractivity contribution in [3.05, 3.63) is 47.7 Å². The molecule has 0 saturated carbocycles. The van der Waals surface area contributed by atoms with Gasteiger partial charge in [0.1, 0.15) is 30.8 Å². The van der Waals surface area contributed by atoms with Crippen LogP contribution in [0, 0.1) is 0 Å². The van der Waals surface area contributed by atoms with Crippen LogP contribution in [0.3, 0.4) is 0 Å². The van der Waals surface area contributed by atoms with E-state index in [0.29, 0.717) is 18.2 Å². The normalized spacial score (nSPS) is 11.9. The standard InChI is InChI=1S/C21H18ClN7O13S4.4Na/c22-19-25-20(23-5-6-43(31,32)33)27-21(26-19)24-13-9-11(44(34,35)36)7-10-8-15(46(40,41)42)17(18(30)16(10)13)29-28-12-3-1-2-4-14(12)45(37,38)39;;;;/h1-4,7-9,30H,5-6H2,(H,31,32,33)(H,34,35,36)(H,37,38,39)(H,40,41,42)(H2,23,24,25,26,27);;;;/q;4*+1/p-4. The van der Waals surface area contributed by atoms with E-state index < -0.39 is 118 Å². The van der Waals surface area contributed by atoms with Gasteiger partial charge in [-0.3, -0.25) is 4.55 Å². The van der Waals surface area contributed by atoms with Crippen LogP contribution in [0.25, 0.3) is 10.8 Å². The Hall–Kier alpha value is -0.140. The molecule has 0 spiro atoms. The first kappa shape index (κ1) is 49.9. The smallest absolute Gasteiger partial charge is 0.870 e. The predicted octanol–water partition coefficient (Wildman–Crippen LogP) is -11.1. The van der Waals surface area contributed by atoms with Gasteiger partial charge in [-0.25, -0.2) is 25.3 Å². The Balaban J connectivity index is 0.00000600. The maximum atomic E-state index is 13.7. The number of fused-ring (bicyclic) bond motifs is 1. The molecule has 3 N–H and O–H groups in total. The Bertz CT molecular complexity index is 2380. The number of anilines is 3. The Morgan fingerprint density at radius 1 is 0.780 bits per heavy atom. The van der Waals surface area contributed by atoms with Gasteiger partial charge in [-0.2, -0.15) is 23.4 Å². The van der Waals surface area contributed by atoms with Gasteiger partial charge in [-0.15, -0.1) is 10.2 Å². The van der Waals surface area contributed by atoms with E-state index in [0.717, 1.165) is 12.1 Å². The van der Waals surface area contributed by atoms with E-state index in [1.54, 1.807) is 0 Å². The number of hydrogen-bond acceptors (Lipinski definition) is 19. The van der Waals surface area contributed by atoms with Crippen molar-refractivity contribution in [3.8, 4) is 5.75 Å². The fourth-order valence-corrected chi connectivity index (χ4v) is 6.04. The fraction of sp³-hybridized carbons (Fsp3) is 0.0952. The largest absolute Gasteiger partial charge is 1.00 e. The molecule has 1 aromatic heterocycles. The predicted molar refractivity (Wildman–Crippen MR) is 151 cm³/mol. The summed E-state index contributed by atoms with van der Waals surface area (Å²) < 4.78 is 137. The van der Waals surface area contributed by atoms with Gasteiger partial charge >= 0.3 is 118 Å². The monoisotopic (exact) mass is 827 g/mol. The van der Waals surface area contributed by atoms with E-state index in [-0.39, 0.29) is 118 Å². The zero-order chi connectivity index (χ0) is 34.2. The van der Waals surface area contributed by atoms with Crippen molar-refractivity contribution in [2.24, 2.45) is 10.2 Å². The van der Waals surface area contributed by atoms with Crippen molar-refractivity contribution < 1.29 is 175 Å². The molecule has 0 saturated heterocycles. The molecular formula is C21H14ClN7Na4O13S4. The Morgan fingerprint density at radius 2 is 1.38 bits per heavy atom. The number of aromatic nitrogens is 3. The molecule has 1 heterocycles. The fourth-order valence-electron chi connectivity index (χ4n) is 3.73. The summed E-state index contributed by atoms with van der Waals surface area (Å²) in [6.07, 6.45) is 0. The summed E-state index contributed by atoms with van der Waals surface area (Å²) in [5, 5.41) is 23.8. The van der Waals surface area contributed by atoms with E-state index in [9.17, 15) is 57.0 Å². The van der Waals surface area contributed by atoms with Crippen LogP contribution in [-0.2, 0) is 40.5 Å². The molecule has 4 aromatic rings. The Labute approximate surface area is 377 Å². The van der Waals surface area contributed by atoms with Gasteiger partial charge in [0.2, 0.25) is 17.2 Å². The second kappa shape index (κ2) is 19.4. The topological polar surface area (TPSA) is 336 Å². The number of hydrogen-bond donors (Lipinski definition) is 3. The first-order chi connectivity index (χ1) is 21.1. The van der Waals surface area contributed by atoms with Gasteiger partial charge in [-0.05, 0) is 52.7 Å². The van der Waals surface area contributed by atoms with Crippen LogP contribution in [0.2, 0.25) is 5.28 Å². The SMILES string of the molecule is O=S(=O)([O-])CCNc1nc(Cl)nc(Nc2cc(S(=O)(=O)[O-])cc3cc(S(=O)(=O)O)c(N=Nc4ccccc4S(=O)(=O)[O-])c([O-])c23)n1.[Na+].[Na+].[Na+].[Na+]. The van der Waals surface area contributed by atoms with Crippen molar-refractivity contribution in [1.82, 2.24) is 15.0 Å². The third-order valence-corrected chi connectivity index (χ3v) is 8.99. The molecule has 20 nitrogen and oxygen atoms in total. The summed E-state index contributed by atoms with van der Waals surface area (Å²) in [7, 11) is -20.4. The summed E-state index contributed by atoms with van der Waals surface area (Å²) in [5.41, 5.74) is -2.33. The molecule has 0 aliphatic carbocycles. The quantitative estimate of drug-likeness (QED) is 0.0718.